The Hall–Kier alpha value is -2.47. The van der Waals surface area contributed by atoms with Gasteiger partial charge < -0.3 is 10.4 Å². The predicted molar refractivity (Wildman–Crippen MR) is 91.3 cm³/mol. The van der Waals surface area contributed by atoms with Gasteiger partial charge in [-0.05, 0) is 58.0 Å². The fraction of sp³-hybridized carbons (Fsp3) is 0.333. The van der Waals surface area contributed by atoms with Crippen LogP contribution in [0.1, 0.15) is 30.8 Å². The molecule has 0 aliphatic carbocycles. The van der Waals surface area contributed by atoms with E-state index in [-0.39, 0.29) is 18.3 Å². The van der Waals surface area contributed by atoms with Crippen LogP contribution in [0, 0.1) is 19.7 Å². The third kappa shape index (κ3) is 4.08. The van der Waals surface area contributed by atoms with Gasteiger partial charge in [-0.3, -0.25) is 4.79 Å². The number of nitrogens with zero attached hydrogens (tertiary/aromatic N) is 2. The predicted octanol–water partition coefficient (Wildman–Crippen LogP) is 2.53. The molecule has 0 bridgehead atoms. The molecule has 5 nitrogen and oxygen atoms in total. The van der Waals surface area contributed by atoms with Crippen molar-refractivity contribution in [2.45, 2.75) is 33.2 Å². The van der Waals surface area contributed by atoms with Crippen LogP contribution in [0.15, 0.2) is 30.3 Å². The van der Waals surface area contributed by atoms with Crippen LogP contribution in [-0.2, 0) is 4.79 Å². The number of carbonyl (C=O) groups excluding carboxylic acids is 1. The van der Waals surface area contributed by atoms with Crippen molar-refractivity contribution in [3.63, 3.8) is 0 Å². The molecular formula is C18H22FN3O2. The van der Waals surface area contributed by atoms with Crippen molar-refractivity contribution in [3.05, 3.63) is 53.1 Å². The van der Waals surface area contributed by atoms with Crippen molar-refractivity contribution in [3.8, 4) is 5.69 Å². The minimum atomic E-state index is -0.677. The lowest BCUT2D eigenvalue weighted by Gasteiger charge is -2.22. The summed E-state index contributed by atoms with van der Waals surface area (Å²) in [6, 6.07) is 6.06. The van der Waals surface area contributed by atoms with Gasteiger partial charge in [0, 0.05) is 17.3 Å². The molecule has 1 aromatic heterocycles. The highest BCUT2D eigenvalue weighted by Gasteiger charge is 2.18. The van der Waals surface area contributed by atoms with E-state index in [1.807, 2.05) is 13.8 Å². The van der Waals surface area contributed by atoms with E-state index in [4.69, 9.17) is 0 Å². The number of hydrogen-bond donors (Lipinski definition) is 2. The molecule has 2 rings (SSSR count). The Balaban J connectivity index is 2.24. The molecule has 0 radical (unpaired) electrons. The number of rotatable bonds is 5. The van der Waals surface area contributed by atoms with Crippen LogP contribution in [0.3, 0.4) is 0 Å². The normalized spacial score (nSPS) is 11.9. The number of carbonyl (C=O) groups is 1. The van der Waals surface area contributed by atoms with Crippen molar-refractivity contribution in [2.24, 2.45) is 0 Å². The average Bonchev–Trinajstić information content (AvgIpc) is 2.80. The molecule has 0 unspecified atom stereocenters. The van der Waals surface area contributed by atoms with Gasteiger partial charge in [0.15, 0.2) is 0 Å². The lowest BCUT2D eigenvalue weighted by atomic mass is 10.1. The van der Waals surface area contributed by atoms with Crippen molar-refractivity contribution < 1.29 is 14.3 Å². The van der Waals surface area contributed by atoms with Crippen molar-refractivity contribution >= 4 is 12.0 Å². The number of aliphatic hydroxyl groups excluding tert-OH is 1. The van der Waals surface area contributed by atoms with Gasteiger partial charge in [0.05, 0.1) is 23.5 Å². The molecule has 1 aromatic carbocycles. The second kappa shape index (κ2) is 6.97. The van der Waals surface area contributed by atoms with Gasteiger partial charge in [-0.15, -0.1) is 0 Å². The highest BCUT2D eigenvalue weighted by Crippen LogP contribution is 2.19. The third-order valence-electron chi connectivity index (χ3n) is 3.68. The Morgan fingerprint density at radius 1 is 1.33 bits per heavy atom. The van der Waals surface area contributed by atoms with Gasteiger partial charge in [0.2, 0.25) is 5.91 Å². The largest absolute Gasteiger partial charge is 0.394 e. The Labute approximate surface area is 140 Å². The van der Waals surface area contributed by atoms with Crippen molar-refractivity contribution in [1.82, 2.24) is 15.1 Å². The molecule has 2 N–H and O–H groups in total. The molecular weight excluding hydrogens is 309 g/mol. The molecule has 2 aromatic rings. The van der Waals surface area contributed by atoms with E-state index in [2.05, 4.69) is 10.4 Å². The Morgan fingerprint density at radius 3 is 2.54 bits per heavy atom. The molecule has 6 heteroatoms. The van der Waals surface area contributed by atoms with E-state index in [1.165, 1.54) is 18.2 Å². The number of aliphatic hydroxyl groups is 1. The number of hydrogen-bond acceptors (Lipinski definition) is 3. The van der Waals surface area contributed by atoms with E-state index < -0.39 is 5.54 Å². The second-order valence-corrected chi connectivity index (χ2v) is 6.34. The summed E-state index contributed by atoms with van der Waals surface area (Å²) in [4.78, 5) is 11.9. The van der Waals surface area contributed by atoms with Gasteiger partial charge in [-0.25, -0.2) is 9.07 Å². The number of halogens is 1. The first-order valence-corrected chi connectivity index (χ1v) is 7.67. The number of nitrogens with one attached hydrogen (secondary N) is 1. The van der Waals surface area contributed by atoms with Gasteiger partial charge in [0.25, 0.3) is 0 Å². The molecule has 0 saturated carbocycles. The summed E-state index contributed by atoms with van der Waals surface area (Å²) in [6.45, 7) is 7.07. The van der Waals surface area contributed by atoms with Crippen LogP contribution < -0.4 is 5.32 Å². The first kappa shape index (κ1) is 17.9. The van der Waals surface area contributed by atoms with Crippen molar-refractivity contribution in [1.29, 1.82) is 0 Å². The van der Waals surface area contributed by atoms with Gasteiger partial charge in [-0.2, -0.15) is 5.10 Å². The summed E-state index contributed by atoms with van der Waals surface area (Å²) >= 11 is 0. The van der Waals surface area contributed by atoms with E-state index in [1.54, 1.807) is 36.7 Å². The fourth-order valence-corrected chi connectivity index (χ4v) is 2.30. The summed E-state index contributed by atoms with van der Waals surface area (Å²) in [5, 5.41) is 16.4. The monoisotopic (exact) mass is 331 g/mol. The summed E-state index contributed by atoms with van der Waals surface area (Å²) < 4.78 is 14.8. The maximum absolute atomic E-state index is 13.1. The summed E-state index contributed by atoms with van der Waals surface area (Å²) in [5.41, 5.74) is 2.52. The number of amides is 1. The molecule has 1 amide bonds. The minimum absolute atomic E-state index is 0.146. The Kier molecular flexibility index (Phi) is 5.19. The van der Waals surface area contributed by atoms with E-state index in [0.717, 1.165) is 22.6 Å². The minimum Gasteiger partial charge on any atom is -0.394 e. The smallest absolute Gasteiger partial charge is 0.244 e. The zero-order chi connectivity index (χ0) is 17.9. The number of benzene rings is 1. The first-order chi connectivity index (χ1) is 11.2. The third-order valence-corrected chi connectivity index (χ3v) is 3.68. The first-order valence-electron chi connectivity index (χ1n) is 7.67. The van der Waals surface area contributed by atoms with E-state index in [9.17, 15) is 14.3 Å². The standard InChI is InChI=1S/C18H22FN3O2/c1-12-16(9-10-17(24)20-18(3,4)11-23)13(2)22(21-12)15-7-5-14(19)6-8-15/h5-10,23H,11H2,1-4H3,(H,20,24)/b10-9+. The van der Waals surface area contributed by atoms with Crippen LogP contribution in [0.25, 0.3) is 11.8 Å². The summed E-state index contributed by atoms with van der Waals surface area (Å²) in [7, 11) is 0. The lowest BCUT2D eigenvalue weighted by Crippen LogP contribution is -2.45. The lowest BCUT2D eigenvalue weighted by molar-refractivity contribution is -0.118. The molecule has 128 valence electrons. The zero-order valence-electron chi connectivity index (χ0n) is 14.3. The van der Waals surface area contributed by atoms with Crippen molar-refractivity contribution in [2.75, 3.05) is 6.61 Å². The van der Waals surface area contributed by atoms with E-state index in [0.29, 0.717) is 0 Å². The maximum atomic E-state index is 13.1. The number of aryl methyl sites for hydroxylation is 1. The van der Waals surface area contributed by atoms with Crippen LogP contribution >= 0.6 is 0 Å². The fourth-order valence-electron chi connectivity index (χ4n) is 2.30. The molecule has 0 saturated heterocycles. The SMILES string of the molecule is Cc1nn(-c2ccc(F)cc2)c(C)c1/C=C/C(=O)NC(C)(C)CO. The van der Waals surface area contributed by atoms with Crippen LogP contribution in [-0.4, -0.2) is 32.9 Å². The number of aromatic nitrogens is 2. The molecule has 24 heavy (non-hydrogen) atoms. The maximum Gasteiger partial charge on any atom is 0.244 e. The molecule has 0 fully saturated rings. The average molecular weight is 331 g/mol. The molecule has 0 spiro atoms. The second-order valence-electron chi connectivity index (χ2n) is 6.34. The quantitative estimate of drug-likeness (QED) is 0.828. The molecule has 0 aliphatic rings. The molecule has 0 aliphatic heterocycles. The highest BCUT2D eigenvalue weighted by molar-refractivity contribution is 5.92. The zero-order valence-corrected chi connectivity index (χ0v) is 14.3. The highest BCUT2D eigenvalue weighted by atomic mass is 19.1. The van der Waals surface area contributed by atoms with Gasteiger partial charge >= 0.3 is 0 Å². The van der Waals surface area contributed by atoms with Crippen LogP contribution in [0.2, 0.25) is 0 Å². The van der Waals surface area contributed by atoms with E-state index >= 15 is 0 Å². The topological polar surface area (TPSA) is 67.2 Å². The van der Waals surface area contributed by atoms with Crippen LogP contribution in [0.4, 0.5) is 4.39 Å². The Bertz CT molecular complexity index is 761. The molecule has 0 atom stereocenters. The Morgan fingerprint density at radius 2 is 1.96 bits per heavy atom. The molecule has 1 heterocycles. The summed E-state index contributed by atoms with van der Waals surface area (Å²) in [5.74, 6) is -0.592. The van der Waals surface area contributed by atoms with Crippen LogP contribution in [0.5, 0.6) is 0 Å². The summed E-state index contributed by atoms with van der Waals surface area (Å²) in [6.07, 6.45) is 3.11. The van der Waals surface area contributed by atoms with Gasteiger partial charge in [0.1, 0.15) is 5.82 Å². The van der Waals surface area contributed by atoms with Gasteiger partial charge in [-0.1, -0.05) is 0 Å².